The van der Waals surface area contributed by atoms with Gasteiger partial charge in [-0.1, -0.05) is 109 Å². The number of furan rings is 2. The van der Waals surface area contributed by atoms with Gasteiger partial charge in [0.05, 0.1) is 22.1 Å². The Morgan fingerprint density at radius 2 is 0.689 bits per heavy atom. The largest absolute Gasteiger partial charge is 0.438 e. The maximum Gasteiger partial charge on any atom is 0.230 e. The fourth-order valence-electron chi connectivity index (χ4n) is 11.5. The lowest BCUT2D eigenvalue weighted by molar-refractivity contribution is 0.631. The molecule has 5 aromatic heterocycles. The van der Waals surface area contributed by atoms with Crippen molar-refractivity contribution < 1.29 is 8.83 Å². The van der Waals surface area contributed by atoms with E-state index in [2.05, 4.69) is 269 Å². The van der Waals surface area contributed by atoms with Gasteiger partial charge in [-0.15, -0.1) is 0 Å². The van der Waals surface area contributed by atoms with Crippen molar-refractivity contribution in [2.75, 3.05) is 9.80 Å². The highest BCUT2D eigenvalue weighted by Crippen LogP contribution is 2.46. The first-order chi connectivity index (χ1) is 36.5. The number of hydrogen-bond donors (Lipinski definition) is 0. The van der Waals surface area contributed by atoms with E-state index < -0.39 is 0 Å². The van der Waals surface area contributed by atoms with Crippen molar-refractivity contribution in [3.8, 4) is 11.4 Å². The Morgan fingerprint density at radius 3 is 1.15 bits per heavy atom. The maximum atomic E-state index is 6.70. The second-order valence-corrected chi connectivity index (χ2v) is 19.3. The number of fused-ring (bicyclic) bond motifs is 12. The first-order valence-corrected chi connectivity index (χ1v) is 25.1. The average molecular weight is 952 g/mol. The number of para-hydroxylation sites is 6. The monoisotopic (exact) mass is 951 g/mol. The molecule has 7 nitrogen and oxygen atoms in total. The molecule has 0 saturated heterocycles. The summed E-state index contributed by atoms with van der Waals surface area (Å²) in [7, 11) is 0. The van der Waals surface area contributed by atoms with Crippen molar-refractivity contribution >= 4 is 122 Å². The topological polar surface area (TPSA) is 55.5 Å². The molecule has 74 heavy (non-hydrogen) atoms. The second kappa shape index (κ2) is 16.3. The van der Waals surface area contributed by atoms with Crippen LogP contribution in [0.3, 0.4) is 0 Å². The molecule has 15 aromatic rings. The molecule has 0 aliphatic carbocycles. The number of aromatic nitrogens is 3. The molecular weight excluding hydrogens is 907 g/mol. The standard InChI is InChI=1S/C67H45N5O2/c1-42-17-9-13-25-58(42)69(46-31-35-62-54(37-46)50-23-11-15-27-60(50)71(62)44-19-5-3-6-20-44)48-29-33-52-56-41-57-53-34-30-49(40-65(53)74-67(57)68-66(56)73-64(52)39-48)70(59-26-14-10-18-43(59)2)47-32-36-63-55(38-47)51-24-12-16-28-61(51)72(63)45-21-7-4-8-22-45/h3-41H,1-2H3. The van der Waals surface area contributed by atoms with Crippen LogP contribution in [-0.2, 0) is 0 Å². The number of benzene rings is 10. The van der Waals surface area contributed by atoms with Crippen molar-refractivity contribution in [3.05, 3.63) is 248 Å². The fraction of sp³-hybridized carbons (Fsp3) is 0.0299. The molecule has 0 spiro atoms. The van der Waals surface area contributed by atoms with Crippen molar-refractivity contribution in [2.24, 2.45) is 0 Å². The van der Waals surface area contributed by atoms with Crippen LogP contribution in [-0.4, -0.2) is 14.1 Å². The van der Waals surface area contributed by atoms with Crippen LogP contribution in [0.15, 0.2) is 245 Å². The number of nitrogens with zero attached hydrogens (tertiary/aromatic N) is 5. The highest BCUT2D eigenvalue weighted by molar-refractivity contribution is 6.15. The van der Waals surface area contributed by atoms with E-state index >= 15 is 0 Å². The van der Waals surface area contributed by atoms with E-state index in [1.807, 2.05) is 0 Å². The normalized spacial score (nSPS) is 11.9. The van der Waals surface area contributed by atoms with Crippen LogP contribution in [0.25, 0.3) is 99.1 Å². The van der Waals surface area contributed by atoms with Crippen LogP contribution >= 0.6 is 0 Å². The number of hydrogen-bond acceptors (Lipinski definition) is 5. The van der Waals surface area contributed by atoms with Gasteiger partial charge in [0.15, 0.2) is 0 Å². The zero-order valence-electron chi connectivity index (χ0n) is 40.6. The molecule has 0 amide bonds. The van der Waals surface area contributed by atoms with Gasteiger partial charge in [0.2, 0.25) is 11.4 Å². The summed E-state index contributed by atoms with van der Waals surface area (Å²) in [6.45, 7) is 4.33. The first-order valence-electron chi connectivity index (χ1n) is 25.1. The Labute approximate surface area is 425 Å². The third-order valence-corrected chi connectivity index (χ3v) is 15.0. The lowest BCUT2D eigenvalue weighted by Crippen LogP contribution is -2.11. The van der Waals surface area contributed by atoms with Crippen molar-refractivity contribution in [2.45, 2.75) is 13.8 Å². The van der Waals surface area contributed by atoms with E-state index in [4.69, 9.17) is 13.8 Å². The van der Waals surface area contributed by atoms with Gasteiger partial charge in [-0.3, -0.25) is 0 Å². The van der Waals surface area contributed by atoms with Crippen molar-refractivity contribution in [3.63, 3.8) is 0 Å². The van der Waals surface area contributed by atoms with Gasteiger partial charge in [0, 0.05) is 101 Å². The van der Waals surface area contributed by atoms with E-state index in [0.717, 1.165) is 100 Å². The molecule has 0 unspecified atom stereocenters. The van der Waals surface area contributed by atoms with Gasteiger partial charge in [-0.2, -0.15) is 4.98 Å². The fourth-order valence-corrected chi connectivity index (χ4v) is 11.5. The van der Waals surface area contributed by atoms with Crippen LogP contribution in [0.4, 0.5) is 34.1 Å². The molecule has 0 saturated carbocycles. The predicted molar refractivity (Wildman–Crippen MR) is 306 cm³/mol. The summed E-state index contributed by atoms with van der Waals surface area (Å²) in [5.41, 5.74) is 18.1. The molecule has 0 atom stereocenters. The van der Waals surface area contributed by atoms with E-state index in [1.54, 1.807) is 0 Å². The smallest absolute Gasteiger partial charge is 0.230 e. The summed E-state index contributed by atoms with van der Waals surface area (Å²) < 4.78 is 18.1. The molecule has 0 aliphatic heterocycles. The lowest BCUT2D eigenvalue weighted by Gasteiger charge is -2.27. The third kappa shape index (κ3) is 6.43. The molecule has 0 fully saturated rings. The van der Waals surface area contributed by atoms with E-state index in [1.165, 1.54) is 32.6 Å². The Morgan fingerprint density at radius 1 is 0.311 bits per heavy atom. The zero-order valence-corrected chi connectivity index (χ0v) is 40.6. The Balaban J connectivity index is 0.839. The molecule has 0 N–H and O–H groups in total. The summed E-state index contributed by atoms with van der Waals surface area (Å²) in [4.78, 5) is 9.75. The van der Waals surface area contributed by atoms with Gasteiger partial charge in [-0.05, 0) is 140 Å². The molecule has 15 rings (SSSR count). The minimum Gasteiger partial charge on any atom is -0.438 e. The van der Waals surface area contributed by atoms with Gasteiger partial charge >= 0.3 is 0 Å². The van der Waals surface area contributed by atoms with Crippen LogP contribution in [0.5, 0.6) is 0 Å². The van der Waals surface area contributed by atoms with Gasteiger partial charge < -0.3 is 27.8 Å². The van der Waals surface area contributed by atoms with E-state index in [-0.39, 0.29) is 0 Å². The molecule has 0 radical (unpaired) electrons. The van der Waals surface area contributed by atoms with Crippen LogP contribution in [0.2, 0.25) is 0 Å². The summed E-state index contributed by atoms with van der Waals surface area (Å²) in [5, 5.41) is 8.63. The zero-order chi connectivity index (χ0) is 49.0. The lowest BCUT2D eigenvalue weighted by atomic mass is 10.1. The molecule has 0 bridgehead atoms. The number of anilines is 6. The Kier molecular flexibility index (Phi) is 9.25. The third-order valence-electron chi connectivity index (χ3n) is 15.0. The number of aryl methyl sites for hydroxylation is 2. The predicted octanol–water partition coefficient (Wildman–Crippen LogP) is 18.6. The molecule has 5 heterocycles. The molecule has 350 valence electrons. The van der Waals surface area contributed by atoms with Gasteiger partial charge in [-0.25, -0.2) is 0 Å². The SMILES string of the molecule is Cc1ccccc1N(c1ccc2c(c1)oc1nc3oc4cc(N(c5ccc6c(c5)c5ccccc5n6-c5ccccc5)c5ccccc5C)ccc4c3cc12)c1ccc2c(c1)c1ccccc1n2-c1ccccc1. The van der Waals surface area contributed by atoms with Crippen molar-refractivity contribution in [1.82, 2.24) is 14.1 Å². The highest BCUT2D eigenvalue weighted by atomic mass is 16.4. The minimum absolute atomic E-state index is 0.533. The molecule has 0 aliphatic rings. The molecule has 7 heteroatoms. The quantitative estimate of drug-likeness (QED) is 0.152. The van der Waals surface area contributed by atoms with Gasteiger partial charge in [0.25, 0.3) is 0 Å². The Hall–Kier alpha value is -9.85. The number of rotatable bonds is 8. The minimum atomic E-state index is 0.533. The highest BCUT2D eigenvalue weighted by Gasteiger charge is 2.23. The van der Waals surface area contributed by atoms with Gasteiger partial charge in [0.1, 0.15) is 11.2 Å². The Bertz CT molecular complexity index is 4420. The van der Waals surface area contributed by atoms with E-state index in [0.29, 0.717) is 11.4 Å². The molecular formula is C67H45N5O2. The summed E-state index contributed by atoms with van der Waals surface area (Å²) in [6, 6.07) is 84.4. The van der Waals surface area contributed by atoms with Crippen LogP contribution in [0.1, 0.15) is 11.1 Å². The summed E-state index contributed by atoms with van der Waals surface area (Å²) in [6.07, 6.45) is 0. The second-order valence-electron chi connectivity index (χ2n) is 19.3. The first kappa shape index (κ1) is 41.9. The number of pyridine rings is 1. The summed E-state index contributed by atoms with van der Waals surface area (Å²) in [5.74, 6) is 0. The van der Waals surface area contributed by atoms with Crippen molar-refractivity contribution in [1.29, 1.82) is 0 Å². The average Bonchev–Trinajstić information content (AvgIpc) is 4.21. The summed E-state index contributed by atoms with van der Waals surface area (Å²) >= 11 is 0. The maximum absolute atomic E-state index is 6.70. The van der Waals surface area contributed by atoms with Crippen LogP contribution in [0, 0.1) is 13.8 Å². The van der Waals surface area contributed by atoms with E-state index in [9.17, 15) is 0 Å². The molecule has 10 aromatic carbocycles. The van der Waals surface area contributed by atoms with Crippen LogP contribution < -0.4 is 9.80 Å².